The molecule has 0 spiro atoms. The van der Waals surface area contributed by atoms with Crippen molar-refractivity contribution < 1.29 is 4.79 Å². The van der Waals surface area contributed by atoms with Crippen LogP contribution in [0.25, 0.3) is 11.0 Å². The van der Waals surface area contributed by atoms with E-state index in [0.717, 1.165) is 33.7 Å². The highest BCUT2D eigenvalue weighted by Crippen LogP contribution is 2.22. The first-order valence-corrected chi connectivity index (χ1v) is 9.12. The van der Waals surface area contributed by atoms with Gasteiger partial charge in [-0.2, -0.15) is 0 Å². The summed E-state index contributed by atoms with van der Waals surface area (Å²) in [5, 5.41) is 0. The predicted molar refractivity (Wildman–Crippen MR) is 110 cm³/mol. The molecule has 4 aromatic rings. The van der Waals surface area contributed by atoms with Crippen molar-refractivity contribution in [1.82, 2.24) is 15.0 Å². The zero-order chi connectivity index (χ0) is 19.5. The number of carbonyl (C=O) groups is 1. The molecule has 5 heteroatoms. The number of hydrogen-bond acceptors (Lipinski definition) is 4. The molecule has 2 heterocycles. The Balaban J connectivity index is 1.74. The van der Waals surface area contributed by atoms with E-state index in [0.29, 0.717) is 12.1 Å². The number of benzene rings is 2. The molecular weight excluding hydrogens is 348 g/mol. The third kappa shape index (κ3) is 3.60. The van der Waals surface area contributed by atoms with E-state index in [9.17, 15) is 4.79 Å². The number of amides is 1. The lowest BCUT2D eigenvalue weighted by Gasteiger charge is -2.23. The molecule has 1 amide bonds. The van der Waals surface area contributed by atoms with Crippen LogP contribution in [0.2, 0.25) is 0 Å². The van der Waals surface area contributed by atoms with Crippen molar-refractivity contribution in [2.24, 2.45) is 0 Å². The van der Waals surface area contributed by atoms with Crippen LogP contribution in [0.4, 0.5) is 5.69 Å². The molecule has 0 aliphatic carbocycles. The van der Waals surface area contributed by atoms with Crippen molar-refractivity contribution in [2.45, 2.75) is 20.4 Å². The fourth-order valence-corrected chi connectivity index (χ4v) is 3.08. The summed E-state index contributed by atoms with van der Waals surface area (Å²) in [6.45, 7) is 4.30. The van der Waals surface area contributed by atoms with Gasteiger partial charge in [0.25, 0.3) is 5.91 Å². The lowest BCUT2D eigenvalue weighted by atomic mass is 10.1. The molecule has 0 unspecified atom stereocenters. The second-order valence-electron chi connectivity index (χ2n) is 6.69. The van der Waals surface area contributed by atoms with Gasteiger partial charge in [-0.25, -0.2) is 9.97 Å². The largest absolute Gasteiger partial charge is 0.304 e. The molecule has 0 saturated heterocycles. The van der Waals surface area contributed by atoms with E-state index in [1.165, 1.54) is 0 Å². The smallest absolute Gasteiger partial charge is 0.258 e. The topological polar surface area (TPSA) is 59.0 Å². The Bertz CT molecular complexity index is 1130. The van der Waals surface area contributed by atoms with Crippen molar-refractivity contribution in [2.75, 3.05) is 4.90 Å². The SMILES string of the molecule is Cc1nc2ccc(C(=O)N(Cc3cccnc3)c3ccccc3)cc2nc1C. The fraction of sp³-hybridized carbons (Fsp3) is 0.130. The molecule has 0 aliphatic heterocycles. The minimum atomic E-state index is -0.0861. The summed E-state index contributed by atoms with van der Waals surface area (Å²) in [6, 6.07) is 19.0. The molecule has 0 aliphatic rings. The maximum absolute atomic E-state index is 13.4. The number of anilines is 1. The number of para-hydroxylation sites is 1. The number of hydrogen-bond donors (Lipinski definition) is 0. The molecule has 0 N–H and O–H groups in total. The Labute approximate surface area is 163 Å². The molecule has 4 rings (SSSR count). The Hall–Kier alpha value is -3.60. The summed E-state index contributed by atoms with van der Waals surface area (Å²) in [6.07, 6.45) is 3.51. The van der Waals surface area contributed by atoms with Gasteiger partial charge >= 0.3 is 0 Å². The number of aromatic nitrogens is 3. The number of pyridine rings is 1. The minimum absolute atomic E-state index is 0.0861. The Kier molecular flexibility index (Phi) is 4.81. The first-order chi connectivity index (χ1) is 13.6. The molecule has 0 fully saturated rings. The zero-order valence-electron chi connectivity index (χ0n) is 15.8. The summed E-state index contributed by atoms with van der Waals surface area (Å²) < 4.78 is 0. The second kappa shape index (κ2) is 7.56. The predicted octanol–water partition coefficient (Wildman–Crippen LogP) is 4.49. The zero-order valence-corrected chi connectivity index (χ0v) is 15.8. The molecule has 0 atom stereocenters. The number of aryl methyl sites for hydroxylation is 2. The maximum atomic E-state index is 13.4. The summed E-state index contributed by atoms with van der Waals surface area (Å²) >= 11 is 0. The fourth-order valence-electron chi connectivity index (χ4n) is 3.08. The second-order valence-corrected chi connectivity index (χ2v) is 6.69. The van der Waals surface area contributed by atoms with E-state index < -0.39 is 0 Å². The maximum Gasteiger partial charge on any atom is 0.258 e. The first-order valence-electron chi connectivity index (χ1n) is 9.12. The van der Waals surface area contributed by atoms with Crippen LogP contribution in [0.5, 0.6) is 0 Å². The third-order valence-corrected chi connectivity index (χ3v) is 4.70. The summed E-state index contributed by atoms with van der Waals surface area (Å²) in [5.74, 6) is -0.0861. The van der Waals surface area contributed by atoms with Crippen LogP contribution in [0, 0.1) is 13.8 Å². The van der Waals surface area contributed by atoms with Crippen LogP contribution in [0.15, 0.2) is 73.1 Å². The number of carbonyl (C=O) groups excluding carboxylic acids is 1. The van der Waals surface area contributed by atoms with E-state index in [2.05, 4.69) is 15.0 Å². The monoisotopic (exact) mass is 368 g/mol. The molecule has 138 valence electrons. The van der Waals surface area contributed by atoms with Gasteiger partial charge in [0.2, 0.25) is 0 Å². The van der Waals surface area contributed by atoms with Crippen LogP contribution in [0.1, 0.15) is 27.3 Å². The lowest BCUT2D eigenvalue weighted by Crippen LogP contribution is -2.30. The normalized spacial score (nSPS) is 10.8. The number of nitrogens with zero attached hydrogens (tertiary/aromatic N) is 4. The van der Waals surface area contributed by atoms with E-state index in [4.69, 9.17) is 0 Å². The summed E-state index contributed by atoms with van der Waals surface area (Å²) in [5.41, 5.74) is 5.66. The molecule has 2 aromatic carbocycles. The number of fused-ring (bicyclic) bond motifs is 1. The van der Waals surface area contributed by atoms with Crippen molar-refractivity contribution in [3.8, 4) is 0 Å². The van der Waals surface area contributed by atoms with E-state index in [1.54, 1.807) is 17.3 Å². The minimum Gasteiger partial charge on any atom is -0.304 e. The van der Waals surface area contributed by atoms with Gasteiger partial charge in [-0.05, 0) is 55.8 Å². The third-order valence-electron chi connectivity index (χ3n) is 4.70. The lowest BCUT2D eigenvalue weighted by molar-refractivity contribution is 0.0985. The first kappa shape index (κ1) is 17.8. The van der Waals surface area contributed by atoms with Gasteiger partial charge in [0.05, 0.1) is 29.0 Å². The molecule has 0 bridgehead atoms. The Morgan fingerprint density at radius 3 is 2.36 bits per heavy atom. The van der Waals surface area contributed by atoms with Crippen LogP contribution < -0.4 is 4.90 Å². The molecule has 5 nitrogen and oxygen atoms in total. The van der Waals surface area contributed by atoms with Crippen molar-refractivity contribution in [3.05, 3.63) is 95.6 Å². The van der Waals surface area contributed by atoms with Crippen molar-refractivity contribution in [3.63, 3.8) is 0 Å². The van der Waals surface area contributed by atoms with E-state index >= 15 is 0 Å². The van der Waals surface area contributed by atoms with Crippen molar-refractivity contribution >= 4 is 22.6 Å². The van der Waals surface area contributed by atoms with E-state index in [1.807, 2.05) is 74.5 Å². The average molecular weight is 368 g/mol. The quantitative estimate of drug-likeness (QED) is 0.533. The van der Waals surface area contributed by atoms with Gasteiger partial charge in [-0.3, -0.25) is 9.78 Å². The van der Waals surface area contributed by atoms with Gasteiger partial charge in [0.1, 0.15) is 0 Å². The molecular formula is C23H20N4O. The van der Waals surface area contributed by atoms with Crippen LogP contribution in [-0.2, 0) is 6.54 Å². The molecule has 2 aromatic heterocycles. The summed E-state index contributed by atoms with van der Waals surface area (Å²) in [7, 11) is 0. The van der Waals surface area contributed by atoms with Gasteiger partial charge in [0.15, 0.2) is 0 Å². The van der Waals surface area contributed by atoms with Gasteiger partial charge in [-0.15, -0.1) is 0 Å². The molecule has 28 heavy (non-hydrogen) atoms. The Morgan fingerprint density at radius 1 is 0.893 bits per heavy atom. The van der Waals surface area contributed by atoms with Crippen molar-refractivity contribution in [1.29, 1.82) is 0 Å². The van der Waals surface area contributed by atoms with Gasteiger partial charge in [-0.1, -0.05) is 24.3 Å². The standard InChI is InChI=1S/C23H20N4O/c1-16-17(2)26-22-13-19(10-11-21(22)25-16)23(28)27(20-8-4-3-5-9-20)15-18-7-6-12-24-14-18/h3-14H,15H2,1-2H3. The van der Waals surface area contributed by atoms with Crippen LogP contribution in [-0.4, -0.2) is 20.9 Å². The molecule has 0 saturated carbocycles. The Morgan fingerprint density at radius 2 is 1.64 bits per heavy atom. The highest BCUT2D eigenvalue weighted by atomic mass is 16.2. The number of rotatable bonds is 4. The van der Waals surface area contributed by atoms with Crippen LogP contribution >= 0.6 is 0 Å². The highest BCUT2D eigenvalue weighted by Gasteiger charge is 2.19. The highest BCUT2D eigenvalue weighted by molar-refractivity contribution is 6.07. The average Bonchev–Trinajstić information content (AvgIpc) is 2.73. The van der Waals surface area contributed by atoms with Crippen LogP contribution in [0.3, 0.4) is 0 Å². The molecule has 0 radical (unpaired) electrons. The van der Waals surface area contributed by atoms with E-state index in [-0.39, 0.29) is 5.91 Å². The van der Waals surface area contributed by atoms with Gasteiger partial charge < -0.3 is 4.90 Å². The summed E-state index contributed by atoms with van der Waals surface area (Å²) in [4.78, 5) is 28.5. The van der Waals surface area contributed by atoms with Gasteiger partial charge in [0, 0.05) is 23.6 Å².